The van der Waals surface area contributed by atoms with Crippen LogP contribution in [0.25, 0.3) is 0 Å². The maximum atomic E-state index is 8.98. The fourth-order valence-electron chi connectivity index (χ4n) is 0.369. The summed E-state index contributed by atoms with van der Waals surface area (Å²) in [5, 5.41) is 32.3. The van der Waals surface area contributed by atoms with E-state index < -0.39 is 18.8 Å². The summed E-state index contributed by atoms with van der Waals surface area (Å²) in [4.78, 5) is 0. The van der Waals surface area contributed by atoms with E-state index in [1.165, 1.54) is 0 Å². The van der Waals surface area contributed by atoms with Gasteiger partial charge < -0.3 is 20.7 Å². The van der Waals surface area contributed by atoms with Crippen LogP contribution in [0, 0.1) is 5.41 Å². The predicted octanol–water partition coefficient (Wildman–Crippen LogP) is -1.26. The summed E-state index contributed by atoms with van der Waals surface area (Å²) in [6.07, 6.45) is 0.937. The molecule has 0 aromatic carbocycles. The fraction of sp³-hybridized carbons (Fsp3) is 0.800. The highest BCUT2D eigenvalue weighted by atomic mass is 16.4. The SMILES string of the molecule is N=CCC(O)(CO)CO. The van der Waals surface area contributed by atoms with Crippen molar-refractivity contribution >= 4 is 6.21 Å². The van der Waals surface area contributed by atoms with E-state index in [9.17, 15) is 0 Å². The van der Waals surface area contributed by atoms with Crippen LogP contribution in [0.5, 0.6) is 0 Å². The third-order valence-corrected chi connectivity index (χ3v) is 1.07. The van der Waals surface area contributed by atoms with E-state index in [2.05, 4.69) is 0 Å². The van der Waals surface area contributed by atoms with E-state index >= 15 is 0 Å². The molecule has 0 aromatic rings. The highest BCUT2D eigenvalue weighted by Crippen LogP contribution is 2.04. The summed E-state index contributed by atoms with van der Waals surface area (Å²) in [7, 11) is 0. The molecule has 0 heterocycles. The Morgan fingerprint density at radius 2 is 1.78 bits per heavy atom. The molecule has 0 aromatic heterocycles. The Bertz CT molecular complexity index is 90.2. The molecule has 0 aliphatic carbocycles. The van der Waals surface area contributed by atoms with Crippen LogP contribution in [0.3, 0.4) is 0 Å². The second kappa shape index (κ2) is 3.55. The average molecular weight is 133 g/mol. The molecule has 4 nitrogen and oxygen atoms in total. The molecule has 0 saturated heterocycles. The first kappa shape index (κ1) is 8.55. The van der Waals surface area contributed by atoms with E-state index in [0.29, 0.717) is 0 Å². The highest BCUT2D eigenvalue weighted by Gasteiger charge is 2.22. The third-order valence-electron chi connectivity index (χ3n) is 1.07. The number of aliphatic hydroxyl groups is 3. The Morgan fingerprint density at radius 1 is 1.33 bits per heavy atom. The van der Waals surface area contributed by atoms with Crippen molar-refractivity contribution in [3.05, 3.63) is 0 Å². The van der Waals surface area contributed by atoms with Gasteiger partial charge in [-0.05, 0) is 6.21 Å². The molecule has 0 unspecified atom stereocenters. The normalized spacial score (nSPS) is 11.4. The van der Waals surface area contributed by atoms with Gasteiger partial charge in [0.2, 0.25) is 0 Å². The third kappa shape index (κ3) is 2.55. The van der Waals surface area contributed by atoms with Gasteiger partial charge in [0.05, 0.1) is 13.2 Å². The molecule has 0 saturated carbocycles. The molecule has 4 heteroatoms. The van der Waals surface area contributed by atoms with Crippen LogP contribution in [-0.4, -0.2) is 40.3 Å². The maximum Gasteiger partial charge on any atom is 0.115 e. The van der Waals surface area contributed by atoms with E-state index in [-0.39, 0.29) is 6.42 Å². The highest BCUT2D eigenvalue weighted by molar-refractivity contribution is 5.54. The summed E-state index contributed by atoms with van der Waals surface area (Å²) >= 11 is 0. The van der Waals surface area contributed by atoms with Gasteiger partial charge in [-0.3, -0.25) is 0 Å². The first-order chi connectivity index (χ1) is 4.18. The van der Waals surface area contributed by atoms with Crippen molar-refractivity contribution in [1.82, 2.24) is 0 Å². The molecule has 0 spiro atoms. The van der Waals surface area contributed by atoms with E-state index in [1.54, 1.807) is 0 Å². The molecule has 0 bridgehead atoms. The lowest BCUT2D eigenvalue weighted by Crippen LogP contribution is -2.37. The minimum Gasteiger partial charge on any atom is -0.393 e. The monoisotopic (exact) mass is 133 g/mol. The van der Waals surface area contributed by atoms with Crippen molar-refractivity contribution < 1.29 is 15.3 Å². The van der Waals surface area contributed by atoms with Gasteiger partial charge in [-0.2, -0.15) is 0 Å². The molecule has 9 heavy (non-hydrogen) atoms. The van der Waals surface area contributed by atoms with Gasteiger partial charge in [0.15, 0.2) is 0 Å². The molecular formula is C5H11NO3. The second-order valence-corrected chi connectivity index (χ2v) is 1.95. The minimum atomic E-state index is -1.50. The molecule has 4 N–H and O–H groups in total. The summed E-state index contributed by atoms with van der Waals surface area (Å²) in [6, 6.07) is 0. The fourth-order valence-corrected chi connectivity index (χ4v) is 0.369. The first-order valence-corrected chi connectivity index (χ1v) is 2.61. The number of hydrogen-bond donors (Lipinski definition) is 4. The summed E-state index contributed by atoms with van der Waals surface area (Å²) in [5.74, 6) is 0. The lowest BCUT2D eigenvalue weighted by Gasteiger charge is -2.19. The zero-order valence-corrected chi connectivity index (χ0v) is 5.04. The van der Waals surface area contributed by atoms with Gasteiger partial charge in [-0.1, -0.05) is 0 Å². The van der Waals surface area contributed by atoms with E-state index in [4.69, 9.17) is 20.7 Å². The number of hydrogen-bond acceptors (Lipinski definition) is 4. The van der Waals surface area contributed by atoms with Gasteiger partial charge in [0, 0.05) is 6.42 Å². The van der Waals surface area contributed by atoms with Crippen LogP contribution in [-0.2, 0) is 0 Å². The average Bonchev–Trinajstić information content (AvgIpc) is 1.89. The molecule has 0 atom stereocenters. The van der Waals surface area contributed by atoms with Crippen molar-refractivity contribution in [2.24, 2.45) is 0 Å². The quantitative estimate of drug-likeness (QED) is 0.361. The standard InChI is InChI=1S/C5H11NO3/c6-2-1-5(9,3-7)4-8/h2,6-9H,1,3-4H2. The topological polar surface area (TPSA) is 84.5 Å². The molecule has 0 aliphatic rings. The Hall–Kier alpha value is -0.450. The van der Waals surface area contributed by atoms with Crippen LogP contribution < -0.4 is 0 Å². The maximum absolute atomic E-state index is 8.98. The first-order valence-electron chi connectivity index (χ1n) is 2.61. The lowest BCUT2D eigenvalue weighted by atomic mass is 10.0. The Kier molecular flexibility index (Phi) is 3.37. The van der Waals surface area contributed by atoms with Crippen LogP contribution >= 0.6 is 0 Å². The van der Waals surface area contributed by atoms with Crippen LogP contribution in [0.15, 0.2) is 0 Å². The molecule has 0 amide bonds. The molecule has 0 fully saturated rings. The predicted molar refractivity (Wildman–Crippen MR) is 32.5 cm³/mol. The van der Waals surface area contributed by atoms with Crippen LogP contribution in [0.2, 0.25) is 0 Å². The molecule has 0 aliphatic heterocycles. The summed E-state index contributed by atoms with van der Waals surface area (Å²) in [6.45, 7) is -1.03. The molecule has 0 rings (SSSR count). The van der Waals surface area contributed by atoms with Crippen molar-refractivity contribution in [2.75, 3.05) is 13.2 Å². The summed E-state index contributed by atoms with van der Waals surface area (Å²) in [5.41, 5.74) is -1.50. The molecular weight excluding hydrogens is 122 g/mol. The van der Waals surface area contributed by atoms with Crippen molar-refractivity contribution in [3.8, 4) is 0 Å². The Labute approximate surface area is 53.3 Å². The van der Waals surface area contributed by atoms with Gasteiger partial charge in [-0.15, -0.1) is 0 Å². The zero-order valence-electron chi connectivity index (χ0n) is 5.04. The Balaban J connectivity index is 3.75. The van der Waals surface area contributed by atoms with Crippen molar-refractivity contribution in [1.29, 1.82) is 5.41 Å². The second-order valence-electron chi connectivity index (χ2n) is 1.95. The van der Waals surface area contributed by atoms with E-state index in [1.807, 2.05) is 0 Å². The van der Waals surface area contributed by atoms with Crippen molar-refractivity contribution in [2.45, 2.75) is 12.0 Å². The zero-order chi connectivity index (χ0) is 7.33. The van der Waals surface area contributed by atoms with Gasteiger partial charge in [-0.25, -0.2) is 0 Å². The van der Waals surface area contributed by atoms with Crippen LogP contribution in [0.4, 0.5) is 0 Å². The van der Waals surface area contributed by atoms with Gasteiger partial charge in [0.25, 0.3) is 0 Å². The van der Waals surface area contributed by atoms with Crippen molar-refractivity contribution in [3.63, 3.8) is 0 Å². The smallest absolute Gasteiger partial charge is 0.115 e. The lowest BCUT2D eigenvalue weighted by molar-refractivity contribution is -0.0483. The summed E-state index contributed by atoms with van der Waals surface area (Å²) < 4.78 is 0. The van der Waals surface area contributed by atoms with Gasteiger partial charge in [0.1, 0.15) is 5.60 Å². The van der Waals surface area contributed by atoms with E-state index in [0.717, 1.165) is 6.21 Å². The Morgan fingerprint density at radius 3 is 1.89 bits per heavy atom. The van der Waals surface area contributed by atoms with Crippen LogP contribution in [0.1, 0.15) is 6.42 Å². The largest absolute Gasteiger partial charge is 0.393 e. The van der Waals surface area contributed by atoms with Gasteiger partial charge >= 0.3 is 0 Å². The molecule has 0 radical (unpaired) electrons. The number of aliphatic hydroxyl groups excluding tert-OH is 2. The minimum absolute atomic E-state index is 0.0139. The molecule has 54 valence electrons. The number of nitrogens with one attached hydrogen (secondary N) is 1. The number of rotatable bonds is 4.